The second kappa shape index (κ2) is 5.07. The zero-order chi connectivity index (χ0) is 11.7. The quantitative estimate of drug-likeness (QED) is 0.832. The smallest absolute Gasteiger partial charge is 0.0701 e. The van der Waals surface area contributed by atoms with Crippen molar-refractivity contribution in [3.05, 3.63) is 54.6 Å². The van der Waals surface area contributed by atoms with Crippen LogP contribution in [0.25, 0.3) is 0 Å². The highest BCUT2D eigenvalue weighted by molar-refractivity contribution is 9.11. The molecule has 0 spiro atoms. The van der Waals surface area contributed by atoms with Crippen molar-refractivity contribution in [1.29, 1.82) is 0 Å². The van der Waals surface area contributed by atoms with Gasteiger partial charge in [0.25, 0.3) is 0 Å². The third-order valence-electron chi connectivity index (χ3n) is 2.25. The molecule has 1 heterocycles. The van der Waals surface area contributed by atoms with Crippen LogP contribution in [0, 0.1) is 0 Å². The van der Waals surface area contributed by atoms with Gasteiger partial charge in [-0.1, -0.05) is 29.3 Å². The molecular formula is C11H8BrCl2NS. The fourth-order valence-electron chi connectivity index (χ4n) is 1.38. The van der Waals surface area contributed by atoms with Crippen molar-refractivity contribution in [2.75, 3.05) is 0 Å². The highest BCUT2D eigenvalue weighted by Crippen LogP contribution is 2.30. The van der Waals surface area contributed by atoms with Crippen molar-refractivity contribution in [2.45, 2.75) is 6.04 Å². The Morgan fingerprint density at radius 1 is 1.12 bits per heavy atom. The average molecular weight is 337 g/mol. The van der Waals surface area contributed by atoms with Crippen LogP contribution in [0.1, 0.15) is 17.2 Å². The highest BCUT2D eigenvalue weighted by atomic mass is 79.9. The Kier molecular flexibility index (Phi) is 3.93. The number of benzene rings is 1. The molecule has 0 fully saturated rings. The standard InChI is InChI=1S/C11H8BrCl2NS/c12-10-4-7(5-16-10)11(15)6-1-2-8(13)9(14)3-6/h1-5,11H,15H2. The van der Waals surface area contributed by atoms with Gasteiger partial charge in [-0.2, -0.15) is 0 Å². The van der Waals surface area contributed by atoms with Gasteiger partial charge in [-0.3, -0.25) is 0 Å². The largest absolute Gasteiger partial charge is 0.320 e. The lowest BCUT2D eigenvalue weighted by molar-refractivity contribution is 0.876. The molecule has 0 saturated carbocycles. The molecule has 1 atom stereocenters. The van der Waals surface area contributed by atoms with Crippen molar-refractivity contribution < 1.29 is 0 Å². The minimum atomic E-state index is -0.169. The van der Waals surface area contributed by atoms with E-state index in [2.05, 4.69) is 15.9 Å². The van der Waals surface area contributed by atoms with Crippen LogP contribution < -0.4 is 5.73 Å². The predicted molar refractivity (Wildman–Crippen MR) is 74.5 cm³/mol. The molecule has 2 N–H and O–H groups in total. The van der Waals surface area contributed by atoms with Crippen molar-refractivity contribution in [3.8, 4) is 0 Å². The molecular weight excluding hydrogens is 329 g/mol. The number of rotatable bonds is 2. The molecule has 0 aliphatic carbocycles. The summed E-state index contributed by atoms with van der Waals surface area (Å²) in [6.45, 7) is 0. The fraction of sp³-hybridized carbons (Fsp3) is 0.0909. The molecule has 0 saturated heterocycles. The first-order chi connectivity index (χ1) is 7.58. The van der Waals surface area contributed by atoms with Crippen molar-refractivity contribution >= 4 is 50.5 Å². The van der Waals surface area contributed by atoms with Gasteiger partial charge in [-0.05, 0) is 50.6 Å². The molecule has 0 aliphatic heterocycles. The Morgan fingerprint density at radius 2 is 1.88 bits per heavy atom. The molecule has 1 aromatic heterocycles. The monoisotopic (exact) mass is 335 g/mol. The van der Waals surface area contributed by atoms with E-state index in [9.17, 15) is 0 Å². The molecule has 1 unspecified atom stereocenters. The van der Waals surface area contributed by atoms with Gasteiger partial charge in [0.05, 0.1) is 19.9 Å². The summed E-state index contributed by atoms with van der Waals surface area (Å²) >= 11 is 16.8. The molecule has 1 aromatic carbocycles. The Morgan fingerprint density at radius 3 is 2.44 bits per heavy atom. The summed E-state index contributed by atoms with van der Waals surface area (Å²) < 4.78 is 1.07. The summed E-state index contributed by atoms with van der Waals surface area (Å²) in [4.78, 5) is 0. The van der Waals surface area contributed by atoms with Gasteiger partial charge in [-0.25, -0.2) is 0 Å². The van der Waals surface area contributed by atoms with Gasteiger partial charge < -0.3 is 5.73 Å². The van der Waals surface area contributed by atoms with Crippen LogP contribution in [0.5, 0.6) is 0 Å². The molecule has 16 heavy (non-hydrogen) atoms. The maximum absolute atomic E-state index is 6.13. The maximum atomic E-state index is 6.13. The summed E-state index contributed by atoms with van der Waals surface area (Å²) in [6.07, 6.45) is 0. The van der Waals surface area contributed by atoms with Crippen LogP contribution in [0.3, 0.4) is 0 Å². The summed E-state index contributed by atoms with van der Waals surface area (Å²) in [5, 5.41) is 3.10. The Labute approximate surface area is 116 Å². The second-order valence-corrected chi connectivity index (χ2v) is 6.44. The molecule has 0 bridgehead atoms. The molecule has 5 heteroatoms. The first kappa shape index (κ1) is 12.4. The van der Waals surface area contributed by atoms with Crippen LogP contribution in [-0.4, -0.2) is 0 Å². The van der Waals surface area contributed by atoms with Gasteiger partial charge >= 0.3 is 0 Å². The number of hydrogen-bond acceptors (Lipinski definition) is 2. The topological polar surface area (TPSA) is 26.0 Å². The summed E-state index contributed by atoms with van der Waals surface area (Å²) in [6, 6.07) is 7.31. The minimum absolute atomic E-state index is 0.169. The third kappa shape index (κ3) is 2.60. The van der Waals surface area contributed by atoms with E-state index in [1.54, 1.807) is 23.5 Å². The summed E-state index contributed by atoms with van der Waals surface area (Å²) in [7, 11) is 0. The van der Waals surface area contributed by atoms with E-state index < -0.39 is 0 Å². The van der Waals surface area contributed by atoms with Gasteiger partial charge in [0, 0.05) is 0 Å². The van der Waals surface area contributed by atoms with Crippen molar-refractivity contribution in [1.82, 2.24) is 0 Å². The second-order valence-electron chi connectivity index (χ2n) is 3.34. The van der Waals surface area contributed by atoms with E-state index in [0.717, 1.165) is 14.9 Å². The molecule has 2 rings (SSSR count). The lowest BCUT2D eigenvalue weighted by Crippen LogP contribution is -2.10. The van der Waals surface area contributed by atoms with E-state index in [1.807, 2.05) is 17.5 Å². The van der Waals surface area contributed by atoms with Gasteiger partial charge in [0.15, 0.2) is 0 Å². The molecule has 0 aliphatic rings. The Balaban J connectivity index is 2.33. The summed E-state index contributed by atoms with van der Waals surface area (Å²) in [5.41, 5.74) is 8.16. The average Bonchev–Trinajstić information content (AvgIpc) is 2.68. The third-order valence-corrected chi connectivity index (χ3v) is 4.51. The van der Waals surface area contributed by atoms with Crippen molar-refractivity contribution in [2.24, 2.45) is 5.73 Å². The zero-order valence-electron chi connectivity index (χ0n) is 8.08. The molecule has 0 radical (unpaired) electrons. The van der Waals surface area contributed by atoms with Crippen LogP contribution in [-0.2, 0) is 0 Å². The Hall–Kier alpha value is -0.0600. The highest BCUT2D eigenvalue weighted by Gasteiger charge is 2.11. The van der Waals surface area contributed by atoms with Crippen LogP contribution in [0.15, 0.2) is 33.4 Å². The maximum Gasteiger partial charge on any atom is 0.0701 e. The number of halogens is 3. The fourth-order valence-corrected chi connectivity index (χ4v) is 2.90. The molecule has 0 amide bonds. The minimum Gasteiger partial charge on any atom is -0.320 e. The SMILES string of the molecule is NC(c1csc(Br)c1)c1ccc(Cl)c(Cl)c1. The number of hydrogen-bond donors (Lipinski definition) is 1. The van der Waals surface area contributed by atoms with Crippen LogP contribution in [0.4, 0.5) is 0 Å². The first-order valence-corrected chi connectivity index (χ1v) is 6.95. The molecule has 84 valence electrons. The number of thiophene rings is 1. The Bertz CT molecular complexity index is 512. The first-order valence-electron chi connectivity index (χ1n) is 4.52. The lowest BCUT2D eigenvalue weighted by Gasteiger charge is -2.11. The van der Waals surface area contributed by atoms with E-state index in [4.69, 9.17) is 28.9 Å². The van der Waals surface area contributed by atoms with E-state index in [0.29, 0.717) is 10.0 Å². The van der Waals surface area contributed by atoms with E-state index in [1.165, 1.54) is 0 Å². The normalized spacial score (nSPS) is 12.8. The molecule has 2 aromatic rings. The van der Waals surface area contributed by atoms with Crippen molar-refractivity contribution in [3.63, 3.8) is 0 Å². The van der Waals surface area contributed by atoms with Gasteiger partial charge in [0.1, 0.15) is 0 Å². The van der Waals surface area contributed by atoms with Crippen LogP contribution in [0.2, 0.25) is 10.0 Å². The van der Waals surface area contributed by atoms with Crippen LogP contribution >= 0.6 is 50.5 Å². The van der Waals surface area contributed by atoms with E-state index >= 15 is 0 Å². The summed E-state index contributed by atoms with van der Waals surface area (Å²) in [5.74, 6) is 0. The number of nitrogens with two attached hydrogens (primary N) is 1. The predicted octanol–water partition coefficient (Wildman–Crippen LogP) is 4.87. The lowest BCUT2D eigenvalue weighted by atomic mass is 10.0. The van der Waals surface area contributed by atoms with Gasteiger partial charge in [0.2, 0.25) is 0 Å². The van der Waals surface area contributed by atoms with Gasteiger partial charge in [-0.15, -0.1) is 11.3 Å². The molecule has 1 nitrogen and oxygen atoms in total. The zero-order valence-corrected chi connectivity index (χ0v) is 12.0. The van der Waals surface area contributed by atoms with E-state index in [-0.39, 0.29) is 6.04 Å².